The molecule has 2 aliphatic rings. The normalized spacial score (nSPS) is 24.6. The van der Waals surface area contributed by atoms with E-state index in [-0.39, 0.29) is 23.5 Å². The van der Waals surface area contributed by atoms with Gasteiger partial charge in [0.15, 0.2) is 21.3 Å². The molecule has 8 heteroatoms. The Bertz CT molecular complexity index is 790. The molecule has 3 rings (SSSR count). The number of nitrogens with one attached hydrogen (secondary N) is 1. The van der Waals surface area contributed by atoms with Crippen LogP contribution in [-0.4, -0.2) is 69.1 Å². The molecule has 2 heterocycles. The number of piperidine rings is 1. The highest BCUT2D eigenvalue weighted by Crippen LogP contribution is 2.29. The topological polar surface area (TPSA) is 84.9 Å². The van der Waals surface area contributed by atoms with Crippen molar-refractivity contribution >= 4 is 15.7 Å². The second kappa shape index (κ2) is 9.13. The quantitative estimate of drug-likeness (QED) is 0.739. The Morgan fingerprint density at radius 1 is 1.07 bits per heavy atom. The maximum absolute atomic E-state index is 12.8. The van der Waals surface area contributed by atoms with Gasteiger partial charge in [-0.05, 0) is 58.0 Å². The molecule has 156 valence electrons. The van der Waals surface area contributed by atoms with Crippen LogP contribution < -0.4 is 14.8 Å². The molecule has 2 fully saturated rings. The standard InChI is InChI=1S/C20H30N2O5S/c1-3-26-18-9-8-15(12-19(18)27-4-2)20(23)21-16-13-28(24,25)14-17(16)22-10-6-5-7-11-22/h8-9,12,16-17H,3-7,10-11,13-14H2,1-2H3,(H,21,23)/t16-,17+/m1/s1. The lowest BCUT2D eigenvalue weighted by Gasteiger charge is -2.35. The molecule has 0 radical (unpaired) electrons. The van der Waals surface area contributed by atoms with Gasteiger partial charge in [-0.3, -0.25) is 9.69 Å². The lowest BCUT2D eigenvalue weighted by atomic mass is 10.0. The van der Waals surface area contributed by atoms with Crippen LogP contribution in [0, 0.1) is 0 Å². The molecule has 0 aromatic heterocycles. The Kier molecular flexibility index (Phi) is 6.82. The molecule has 1 aromatic carbocycles. The number of carbonyl (C=O) groups excluding carboxylic acids is 1. The predicted molar refractivity (Wildman–Crippen MR) is 108 cm³/mol. The van der Waals surface area contributed by atoms with E-state index >= 15 is 0 Å². The van der Waals surface area contributed by atoms with E-state index in [1.54, 1.807) is 18.2 Å². The summed E-state index contributed by atoms with van der Waals surface area (Å²) in [5, 5.41) is 2.96. The first-order valence-electron chi connectivity index (χ1n) is 10.1. The fraction of sp³-hybridized carbons (Fsp3) is 0.650. The minimum atomic E-state index is -3.15. The zero-order valence-electron chi connectivity index (χ0n) is 16.6. The van der Waals surface area contributed by atoms with Crippen LogP contribution in [0.2, 0.25) is 0 Å². The summed E-state index contributed by atoms with van der Waals surface area (Å²) < 4.78 is 35.6. The first kappa shape index (κ1) is 20.9. The third kappa shape index (κ3) is 4.97. The van der Waals surface area contributed by atoms with Crippen molar-refractivity contribution in [3.8, 4) is 11.5 Å². The summed E-state index contributed by atoms with van der Waals surface area (Å²) in [5.41, 5.74) is 0.439. The molecule has 7 nitrogen and oxygen atoms in total. The van der Waals surface area contributed by atoms with Gasteiger partial charge in [-0.15, -0.1) is 0 Å². The Hall–Kier alpha value is -1.80. The molecule has 0 bridgehead atoms. The van der Waals surface area contributed by atoms with Gasteiger partial charge in [-0.2, -0.15) is 0 Å². The van der Waals surface area contributed by atoms with Gasteiger partial charge in [-0.1, -0.05) is 6.42 Å². The third-order valence-corrected chi connectivity index (χ3v) is 7.02. The molecular weight excluding hydrogens is 380 g/mol. The van der Waals surface area contributed by atoms with Crippen molar-refractivity contribution < 1.29 is 22.7 Å². The summed E-state index contributed by atoms with van der Waals surface area (Å²) in [6, 6.07) is 4.52. The van der Waals surface area contributed by atoms with Crippen molar-refractivity contribution in [3.05, 3.63) is 23.8 Å². The van der Waals surface area contributed by atoms with Crippen LogP contribution in [0.4, 0.5) is 0 Å². The number of benzene rings is 1. The van der Waals surface area contributed by atoms with Crippen molar-refractivity contribution in [2.24, 2.45) is 0 Å². The SMILES string of the molecule is CCOc1ccc(C(=O)N[C@@H]2CS(=O)(=O)C[C@@H]2N2CCCCC2)cc1OCC. The smallest absolute Gasteiger partial charge is 0.251 e. The van der Waals surface area contributed by atoms with E-state index in [1.165, 1.54) is 6.42 Å². The van der Waals surface area contributed by atoms with Gasteiger partial charge >= 0.3 is 0 Å². The lowest BCUT2D eigenvalue weighted by molar-refractivity contribution is 0.0899. The average molecular weight is 411 g/mol. The fourth-order valence-corrected chi connectivity index (χ4v) is 5.97. The summed E-state index contributed by atoms with van der Waals surface area (Å²) >= 11 is 0. The van der Waals surface area contributed by atoms with Crippen molar-refractivity contribution in [1.82, 2.24) is 10.2 Å². The van der Waals surface area contributed by atoms with Crippen LogP contribution in [0.5, 0.6) is 11.5 Å². The lowest BCUT2D eigenvalue weighted by Crippen LogP contribution is -2.52. The van der Waals surface area contributed by atoms with Crippen LogP contribution in [0.15, 0.2) is 18.2 Å². The minimum Gasteiger partial charge on any atom is -0.490 e. The number of hydrogen-bond acceptors (Lipinski definition) is 6. The number of hydrogen-bond donors (Lipinski definition) is 1. The van der Waals surface area contributed by atoms with Gasteiger partial charge in [0.1, 0.15) is 0 Å². The molecule has 0 spiro atoms. The Morgan fingerprint density at radius 2 is 1.75 bits per heavy atom. The molecule has 0 saturated carbocycles. The Labute approximate surface area is 167 Å². The summed E-state index contributed by atoms with van der Waals surface area (Å²) in [7, 11) is -3.15. The number of rotatable bonds is 7. The molecule has 1 amide bonds. The number of nitrogens with zero attached hydrogens (tertiary/aromatic N) is 1. The molecule has 28 heavy (non-hydrogen) atoms. The number of carbonyl (C=O) groups is 1. The van der Waals surface area contributed by atoms with E-state index in [4.69, 9.17) is 9.47 Å². The van der Waals surface area contributed by atoms with Crippen molar-refractivity contribution in [2.75, 3.05) is 37.8 Å². The average Bonchev–Trinajstić information content (AvgIpc) is 2.98. The second-order valence-electron chi connectivity index (χ2n) is 7.35. The maximum atomic E-state index is 12.8. The van der Waals surface area contributed by atoms with Crippen LogP contribution >= 0.6 is 0 Å². The summed E-state index contributed by atoms with van der Waals surface area (Å²) in [5.74, 6) is 0.938. The van der Waals surface area contributed by atoms with E-state index < -0.39 is 15.9 Å². The first-order valence-corrected chi connectivity index (χ1v) is 11.9. The summed E-state index contributed by atoms with van der Waals surface area (Å²) in [6.07, 6.45) is 3.33. The number of amides is 1. The number of likely N-dealkylation sites (tertiary alicyclic amines) is 1. The van der Waals surface area contributed by atoms with Gasteiger partial charge < -0.3 is 14.8 Å². The third-order valence-electron chi connectivity index (χ3n) is 5.30. The summed E-state index contributed by atoms with van der Waals surface area (Å²) in [4.78, 5) is 15.1. The van der Waals surface area contributed by atoms with E-state index in [2.05, 4.69) is 10.2 Å². The van der Waals surface area contributed by atoms with Gasteiger partial charge in [-0.25, -0.2) is 8.42 Å². The second-order valence-corrected chi connectivity index (χ2v) is 9.50. The van der Waals surface area contributed by atoms with E-state index in [9.17, 15) is 13.2 Å². The highest BCUT2D eigenvalue weighted by molar-refractivity contribution is 7.91. The molecular formula is C20H30N2O5S. The van der Waals surface area contributed by atoms with Crippen molar-refractivity contribution in [3.63, 3.8) is 0 Å². The Balaban J connectivity index is 1.75. The van der Waals surface area contributed by atoms with Gasteiger partial charge in [0.2, 0.25) is 0 Å². The molecule has 1 aromatic rings. The number of sulfone groups is 1. The number of ether oxygens (including phenoxy) is 2. The fourth-order valence-electron chi connectivity index (χ4n) is 4.02. The van der Waals surface area contributed by atoms with Gasteiger partial charge in [0.05, 0.1) is 30.8 Å². The molecule has 2 saturated heterocycles. The molecule has 2 atom stereocenters. The molecule has 2 aliphatic heterocycles. The van der Waals surface area contributed by atoms with Crippen LogP contribution in [0.25, 0.3) is 0 Å². The summed E-state index contributed by atoms with van der Waals surface area (Å²) in [6.45, 7) is 6.51. The largest absolute Gasteiger partial charge is 0.490 e. The zero-order chi connectivity index (χ0) is 20.1. The molecule has 0 unspecified atom stereocenters. The van der Waals surface area contributed by atoms with Crippen LogP contribution in [0.3, 0.4) is 0 Å². The molecule has 0 aliphatic carbocycles. The van der Waals surface area contributed by atoms with Crippen molar-refractivity contribution in [1.29, 1.82) is 0 Å². The Morgan fingerprint density at radius 3 is 2.43 bits per heavy atom. The zero-order valence-corrected chi connectivity index (χ0v) is 17.5. The van der Waals surface area contributed by atoms with Gasteiger partial charge in [0, 0.05) is 11.6 Å². The predicted octanol–water partition coefficient (Wildman–Crippen LogP) is 1.87. The highest BCUT2D eigenvalue weighted by Gasteiger charge is 2.42. The molecule has 1 N–H and O–H groups in total. The maximum Gasteiger partial charge on any atom is 0.251 e. The van der Waals surface area contributed by atoms with E-state index in [0.29, 0.717) is 30.3 Å². The van der Waals surface area contributed by atoms with Crippen LogP contribution in [0.1, 0.15) is 43.5 Å². The van der Waals surface area contributed by atoms with Crippen LogP contribution in [-0.2, 0) is 9.84 Å². The monoisotopic (exact) mass is 410 g/mol. The van der Waals surface area contributed by atoms with E-state index in [1.807, 2.05) is 13.8 Å². The van der Waals surface area contributed by atoms with Gasteiger partial charge in [0.25, 0.3) is 5.91 Å². The van der Waals surface area contributed by atoms with Crippen molar-refractivity contribution in [2.45, 2.75) is 45.2 Å². The first-order chi connectivity index (χ1) is 13.4. The minimum absolute atomic E-state index is 0.00471. The highest BCUT2D eigenvalue weighted by atomic mass is 32.2. The van der Waals surface area contributed by atoms with E-state index in [0.717, 1.165) is 25.9 Å².